The van der Waals surface area contributed by atoms with Crippen LogP contribution in [0, 0.1) is 5.82 Å². The Morgan fingerprint density at radius 2 is 2.09 bits per heavy atom. The second-order valence-electron chi connectivity index (χ2n) is 4.50. The van der Waals surface area contributed by atoms with Crippen LogP contribution in [0.5, 0.6) is 6.01 Å². The molecule has 0 saturated heterocycles. The topological polar surface area (TPSA) is 76.1 Å². The minimum atomic E-state index is -0.723. The van der Waals surface area contributed by atoms with E-state index in [1.165, 1.54) is 0 Å². The molecule has 1 aromatic heterocycles. The van der Waals surface area contributed by atoms with E-state index >= 15 is 0 Å². The zero-order valence-corrected chi connectivity index (χ0v) is 12.2. The summed E-state index contributed by atoms with van der Waals surface area (Å²) in [5.41, 5.74) is 0.936. The number of benzene rings is 1. The van der Waals surface area contributed by atoms with E-state index in [1.54, 1.807) is 0 Å². The largest absolute Gasteiger partial charge is 0.459 e. The number of ether oxygens (including phenoxy) is 1. The van der Waals surface area contributed by atoms with Gasteiger partial charge in [0, 0.05) is 6.54 Å². The molecule has 2 rings (SSSR count). The second kappa shape index (κ2) is 7.92. The summed E-state index contributed by atoms with van der Waals surface area (Å²) in [5.74, 6) is -0.939. The molecular weight excluding hydrogens is 287 g/mol. The molecule has 0 unspecified atom stereocenters. The molecule has 2 amide bonds. The third-order valence-corrected chi connectivity index (χ3v) is 2.70. The Morgan fingerprint density at radius 1 is 1.32 bits per heavy atom. The van der Waals surface area contributed by atoms with E-state index in [1.807, 2.05) is 37.3 Å². The van der Waals surface area contributed by atoms with Gasteiger partial charge in [0.05, 0.1) is 6.20 Å². The Kier molecular flexibility index (Phi) is 5.65. The number of aromatic nitrogens is 2. The highest BCUT2D eigenvalue weighted by Gasteiger charge is 2.11. The molecule has 22 heavy (non-hydrogen) atoms. The molecule has 7 heteroatoms. The molecule has 0 aliphatic rings. The second-order valence-corrected chi connectivity index (χ2v) is 4.50. The summed E-state index contributed by atoms with van der Waals surface area (Å²) in [6.45, 7) is 2.67. The van der Waals surface area contributed by atoms with Crippen LogP contribution in [-0.2, 0) is 6.61 Å². The van der Waals surface area contributed by atoms with Crippen molar-refractivity contribution in [2.24, 2.45) is 0 Å². The molecule has 1 aromatic carbocycles. The lowest BCUT2D eigenvalue weighted by Crippen LogP contribution is -2.30. The zero-order valence-electron chi connectivity index (χ0n) is 12.2. The molecule has 0 atom stereocenters. The number of rotatable bonds is 6. The Balaban J connectivity index is 1.98. The summed E-state index contributed by atoms with van der Waals surface area (Å²) in [7, 11) is 0. The number of amides is 2. The van der Waals surface area contributed by atoms with Gasteiger partial charge in [-0.1, -0.05) is 37.3 Å². The number of hydrogen-bond acceptors (Lipinski definition) is 4. The maximum atomic E-state index is 13.6. The molecule has 6 nitrogen and oxygen atoms in total. The van der Waals surface area contributed by atoms with Gasteiger partial charge in [-0.3, -0.25) is 5.32 Å². The number of carbonyl (C=O) groups excluding carboxylic acids is 1. The predicted molar refractivity (Wildman–Crippen MR) is 80.1 cm³/mol. The van der Waals surface area contributed by atoms with Crippen molar-refractivity contribution in [3.63, 3.8) is 0 Å². The van der Waals surface area contributed by atoms with Crippen LogP contribution in [0.25, 0.3) is 0 Å². The van der Waals surface area contributed by atoms with Gasteiger partial charge in [0.1, 0.15) is 6.61 Å². The van der Waals surface area contributed by atoms with Crippen molar-refractivity contribution in [2.45, 2.75) is 20.0 Å². The van der Waals surface area contributed by atoms with Gasteiger partial charge in [0.25, 0.3) is 0 Å². The van der Waals surface area contributed by atoms with E-state index in [9.17, 15) is 9.18 Å². The van der Waals surface area contributed by atoms with Gasteiger partial charge in [0.2, 0.25) is 0 Å². The molecule has 0 aliphatic carbocycles. The molecule has 2 N–H and O–H groups in total. The van der Waals surface area contributed by atoms with Crippen molar-refractivity contribution in [3.05, 3.63) is 47.9 Å². The first-order chi connectivity index (χ1) is 10.7. The van der Waals surface area contributed by atoms with Crippen LogP contribution in [-0.4, -0.2) is 22.5 Å². The van der Waals surface area contributed by atoms with Gasteiger partial charge < -0.3 is 10.1 Å². The minimum Gasteiger partial charge on any atom is -0.459 e. The highest BCUT2D eigenvalue weighted by molar-refractivity contribution is 5.88. The van der Waals surface area contributed by atoms with E-state index in [0.717, 1.165) is 18.2 Å². The van der Waals surface area contributed by atoms with Gasteiger partial charge in [-0.2, -0.15) is 4.98 Å². The lowest BCUT2D eigenvalue weighted by molar-refractivity contribution is 0.251. The molecule has 2 aromatic rings. The molecule has 0 spiro atoms. The molecule has 0 fully saturated rings. The van der Waals surface area contributed by atoms with Crippen molar-refractivity contribution in [3.8, 4) is 6.01 Å². The quantitative estimate of drug-likeness (QED) is 0.860. The van der Waals surface area contributed by atoms with Crippen LogP contribution in [0.15, 0.2) is 36.5 Å². The number of hydrogen-bond donors (Lipinski definition) is 2. The molecule has 0 saturated carbocycles. The third kappa shape index (κ3) is 4.69. The minimum absolute atomic E-state index is 0.00366. The third-order valence-electron chi connectivity index (χ3n) is 2.70. The molecule has 0 radical (unpaired) electrons. The summed E-state index contributed by atoms with van der Waals surface area (Å²) in [5, 5.41) is 4.89. The van der Waals surface area contributed by atoms with Crippen molar-refractivity contribution in [1.29, 1.82) is 0 Å². The maximum Gasteiger partial charge on any atom is 0.320 e. The summed E-state index contributed by atoms with van der Waals surface area (Å²) in [4.78, 5) is 19.1. The number of carbonyl (C=O) groups is 1. The Morgan fingerprint density at radius 3 is 2.82 bits per heavy atom. The first-order valence-electron chi connectivity index (χ1n) is 6.93. The zero-order chi connectivity index (χ0) is 15.8. The van der Waals surface area contributed by atoms with Gasteiger partial charge in [0.15, 0.2) is 11.6 Å². The van der Waals surface area contributed by atoms with Gasteiger partial charge in [-0.25, -0.2) is 14.2 Å². The lowest BCUT2D eigenvalue weighted by Gasteiger charge is -2.09. The van der Waals surface area contributed by atoms with Gasteiger partial charge >= 0.3 is 12.0 Å². The van der Waals surface area contributed by atoms with Crippen LogP contribution in [0.3, 0.4) is 0 Å². The molecule has 0 bridgehead atoms. The van der Waals surface area contributed by atoms with E-state index in [-0.39, 0.29) is 18.4 Å². The highest BCUT2D eigenvalue weighted by atomic mass is 19.1. The highest BCUT2D eigenvalue weighted by Crippen LogP contribution is 2.14. The fraction of sp³-hybridized carbons (Fsp3) is 0.267. The molecule has 0 aliphatic heterocycles. The summed E-state index contributed by atoms with van der Waals surface area (Å²) >= 11 is 0. The Bertz CT molecular complexity index is 622. The van der Waals surface area contributed by atoms with Gasteiger partial charge in [-0.05, 0) is 12.0 Å². The smallest absolute Gasteiger partial charge is 0.320 e. The number of nitrogens with zero attached hydrogens (tertiary/aromatic N) is 2. The first kappa shape index (κ1) is 15.7. The Hall–Kier alpha value is -2.70. The fourth-order valence-corrected chi connectivity index (χ4v) is 1.62. The van der Waals surface area contributed by atoms with Crippen molar-refractivity contribution in [1.82, 2.24) is 15.3 Å². The normalized spacial score (nSPS) is 10.1. The standard InChI is InChI=1S/C15H17FN4O2/c1-2-8-17-14(21)19-13-12(16)9-18-15(20-13)22-10-11-6-4-3-5-7-11/h3-7,9H,2,8,10H2,1H3,(H2,17,18,19,20,21). The van der Waals surface area contributed by atoms with Crippen LogP contribution >= 0.6 is 0 Å². The molecular formula is C15H17FN4O2. The fourth-order valence-electron chi connectivity index (χ4n) is 1.62. The van der Waals surface area contributed by atoms with Crippen molar-refractivity contribution >= 4 is 11.8 Å². The molecule has 116 valence electrons. The predicted octanol–water partition coefficient (Wildman–Crippen LogP) is 2.73. The van der Waals surface area contributed by atoms with Crippen LogP contribution < -0.4 is 15.4 Å². The average Bonchev–Trinajstić information content (AvgIpc) is 2.54. The SMILES string of the molecule is CCCNC(=O)Nc1nc(OCc2ccccc2)ncc1F. The van der Waals surface area contributed by atoms with Crippen LogP contribution in [0.4, 0.5) is 15.0 Å². The number of urea groups is 1. The maximum absolute atomic E-state index is 13.6. The van der Waals surface area contributed by atoms with Crippen LogP contribution in [0.1, 0.15) is 18.9 Å². The van der Waals surface area contributed by atoms with Crippen molar-refractivity contribution < 1.29 is 13.9 Å². The Labute approximate surface area is 127 Å². The monoisotopic (exact) mass is 304 g/mol. The number of nitrogens with one attached hydrogen (secondary N) is 2. The lowest BCUT2D eigenvalue weighted by atomic mass is 10.2. The van der Waals surface area contributed by atoms with E-state index in [2.05, 4.69) is 20.6 Å². The summed E-state index contributed by atoms with van der Waals surface area (Å²) in [6.07, 6.45) is 1.74. The number of anilines is 1. The molecule has 1 heterocycles. The van der Waals surface area contributed by atoms with Crippen LogP contribution in [0.2, 0.25) is 0 Å². The first-order valence-corrected chi connectivity index (χ1v) is 6.93. The van der Waals surface area contributed by atoms with Crippen molar-refractivity contribution in [2.75, 3.05) is 11.9 Å². The van der Waals surface area contributed by atoms with E-state index in [0.29, 0.717) is 6.54 Å². The average molecular weight is 304 g/mol. The van der Waals surface area contributed by atoms with E-state index in [4.69, 9.17) is 4.74 Å². The summed E-state index contributed by atoms with van der Waals surface area (Å²) in [6, 6.07) is 8.92. The van der Waals surface area contributed by atoms with Gasteiger partial charge in [-0.15, -0.1) is 0 Å². The summed E-state index contributed by atoms with van der Waals surface area (Å²) < 4.78 is 19.0. The van der Waals surface area contributed by atoms with E-state index < -0.39 is 11.8 Å². The number of halogens is 1.